The Morgan fingerprint density at radius 3 is 2.83 bits per heavy atom. The first kappa shape index (κ1) is 11.6. The molecule has 1 aromatic carbocycles. The fourth-order valence-corrected chi connectivity index (χ4v) is 3.16. The molecule has 3 nitrogen and oxygen atoms in total. The number of aromatic nitrogens is 2. The first-order valence-electron chi connectivity index (χ1n) is 5.71. The van der Waals surface area contributed by atoms with Crippen LogP contribution in [0, 0.1) is 0 Å². The van der Waals surface area contributed by atoms with Crippen molar-refractivity contribution in [1.29, 1.82) is 0 Å². The molecule has 0 aliphatic carbocycles. The average Bonchev–Trinajstić information content (AvgIpc) is 2.92. The second-order valence-electron chi connectivity index (χ2n) is 3.99. The van der Waals surface area contributed by atoms with Crippen LogP contribution in [-0.2, 0) is 6.54 Å². The molecule has 0 fully saturated rings. The first-order valence-corrected chi connectivity index (χ1v) is 6.90. The second kappa shape index (κ2) is 4.30. The van der Waals surface area contributed by atoms with E-state index in [1.54, 1.807) is 11.3 Å². The van der Waals surface area contributed by atoms with Gasteiger partial charge in [-0.15, -0.1) is 11.3 Å². The normalized spacial score (nSPS) is 11.2. The number of nitrogens with two attached hydrogens (primary N) is 1. The monoisotopic (exact) mass is 277 g/mol. The van der Waals surface area contributed by atoms with Crippen LogP contribution in [0.3, 0.4) is 0 Å². The lowest BCUT2D eigenvalue weighted by Gasteiger charge is -2.04. The minimum Gasteiger partial charge on any atom is -0.391 e. The van der Waals surface area contributed by atoms with E-state index in [0.717, 1.165) is 38.3 Å². The number of benzene rings is 1. The Hall–Kier alpha value is -1.52. The number of hydrogen-bond acceptors (Lipinski definition) is 3. The Morgan fingerprint density at radius 1 is 1.33 bits per heavy atom. The largest absolute Gasteiger partial charge is 0.391 e. The van der Waals surface area contributed by atoms with Gasteiger partial charge in [0.25, 0.3) is 0 Å². The molecule has 0 aliphatic rings. The highest BCUT2D eigenvalue weighted by Crippen LogP contribution is 2.33. The van der Waals surface area contributed by atoms with Gasteiger partial charge in [-0.2, -0.15) is 0 Å². The maximum atomic E-state index is 6.26. The van der Waals surface area contributed by atoms with Gasteiger partial charge in [-0.05, 0) is 31.2 Å². The summed E-state index contributed by atoms with van der Waals surface area (Å²) in [5.41, 5.74) is 7.70. The number of imidazole rings is 1. The zero-order valence-corrected chi connectivity index (χ0v) is 11.4. The van der Waals surface area contributed by atoms with Crippen molar-refractivity contribution < 1.29 is 0 Å². The number of nitrogen functional groups attached to an aromatic ring is 1. The predicted octanol–water partition coefficient (Wildman–Crippen LogP) is 4.02. The number of para-hydroxylation sites is 1. The fourth-order valence-electron chi connectivity index (χ4n) is 2.11. The topological polar surface area (TPSA) is 43.8 Å². The Kier molecular flexibility index (Phi) is 2.76. The molecule has 2 aromatic heterocycles. The minimum absolute atomic E-state index is 0.734. The molecule has 0 spiro atoms. The van der Waals surface area contributed by atoms with Crippen molar-refractivity contribution in [3.05, 3.63) is 35.4 Å². The van der Waals surface area contributed by atoms with Crippen molar-refractivity contribution in [3.63, 3.8) is 0 Å². The molecular weight excluding hydrogens is 266 g/mol. The number of fused-ring (bicyclic) bond motifs is 1. The van der Waals surface area contributed by atoms with Crippen molar-refractivity contribution >= 4 is 39.0 Å². The molecule has 2 N–H and O–H groups in total. The lowest BCUT2D eigenvalue weighted by Crippen LogP contribution is -1.96. The maximum Gasteiger partial charge on any atom is 0.151 e. The Balaban J connectivity index is 2.33. The molecule has 0 unspecified atom stereocenters. The van der Waals surface area contributed by atoms with E-state index in [9.17, 15) is 0 Å². The number of rotatable bonds is 2. The van der Waals surface area contributed by atoms with E-state index in [0.29, 0.717) is 0 Å². The molecule has 0 aliphatic heterocycles. The van der Waals surface area contributed by atoms with Crippen LogP contribution in [0.25, 0.3) is 21.7 Å². The summed E-state index contributed by atoms with van der Waals surface area (Å²) < 4.78 is 2.13. The predicted molar refractivity (Wildman–Crippen MR) is 78.1 cm³/mol. The van der Waals surface area contributed by atoms with Gasteiger partial charge in [0.1, 0.15) is 0 Å². The molecule has 0 radical (unpaired) electrons. The highest BCUT2D eigenvalue weighted by molar-refractivity contribution is 7.19. The third-order valence-corrected chi connectivity index (χ3v) is 4.10. The highest BCUT2D eigenvalue weighted by atomic mass is 35.5. The summed E-state index contributed by atoms with van der Waals surface area (Å²) in [6.45, 7) is 2.91. The summed E-state index contributed by atoms with van der Waals surface area (Å²) in [6, 6.07) is 9.70. The van der Waals surface area contributed by atoms with E-state index >= 15 is 0 Å². The van der Waals surface area contributed by atoms with Crippen molar-refractivity contribution in [3.8, 4) is 10.7 Å². The van der Waals surface area contributed by atoms with Crippen molar-refractivity contribution in [1.82, 2.24) is 9.55 Å². The van der Waals surface area contributed by atoms with Gasteiger partial charge in [-0.25, -0.2) is 4.98 Å². The van der Waals surface area contributed by atoms with Crippen LogP contribution in [0.5, 0.6) is 0 Å². The summed E-state index contributed by atoms with van der Waals surface area (Å²) in [4.78, 5) is 5.73. The summed E-state index contributed by atoms with van der Waals surface area (Å²) in [6.07, 6.45) is 0. The standard InChI is InChI=1S/C13H12ClN3S/c1-2-17-12-8(14)4-3-5-9(12)16-13(17)10-6-7-11(15)18-10/h3-7H,2,15H2,1H3. The number of aryl methyl sites for hydroxylation is 1. The molecule has 3 rings (SSSR count). The van der Waals surface area contributed by atoms with Crippen LogP contribution in [0.2, 0.25) is 5.02 Å². The average molecular weight is 278 g/mol. The van der Waals surface area contributed by atoms with Crippen LogP contribution in [0.15, 0.2) is 30.3 Å². The van der Waals surface area contributed by atoms with Gasteiger partial charge in [0.15, 0.2) is 5.82 Å². The van der Waals surface area contributed by atoms with Gasteiger partial charge in [0.2, 0.25) is 0 Å². The Bertz CT molecular complexity index is 714. The van der Waals surface area contributed by atoms with E-state index in [4.69, 9.17) is 17.3 Å². The number of thiophene rings is 1. The van der Waals surface area contributed by atoms with Crippen LogP contribution in [-0.4, -0.2) is 9.55 Å². The van der Waals surface area contributed by atoms with Crippen LogP contribution in [0.1, 0.15) is 6.92 Å². The van der Waals surface area contributed by atoms with Gasteiger partial charge in [0, 0.05) is 6.54 Å². The summed E-state index contributed by atoms with van der Waals surface area (Å²) in [5, 5.41) is 1.53. The molecule has 5 heteroatoms. The molecule has 0 saturated heterocycles. The van der Waals surface area contributed by atoms with Crippen molar-refractivity contribution in [2.45, 2.75) is 13.5 Å². The Labute approximate surface area is 114 Å². The lowest BCUT2D eigenvalue weighted by atomic mass is 10.3. The van der Waals surface area contributed by atoms with E-state index in [1.165, 1.54) is 0 Å². The number of nitrogens with zero attached hydrogens (tertiary/aromatic N) is 2. The molecule has 2 heterocycles. The van der Waals surface area contributed by atoms with Crippen molar-refractivity contribution in [2.24, 2.45) is 0 Å². The van der Waals surface area contributed by atoms with Gasteiger partial charge in [-0.3, -0.25) is 0 Å². The summed E-state index contributed by atoms with van der Waals surface area (Å²) in [5.74, 6) is 0.933. The lowest BCUT2D eigenvalue weighted by molar-refractivity contribution is 0.798. The molecule has 0 amide bonds. The zero-order valence-electron chi connectivity index (χ0n) is 9.85. The molecule has 18 heavy (non-hydrogen) atoms. The second-order valence-corrected chi connectivity index (χ2v) is 5.51. The third kappa shape index (κ3) is 1.69. The third-order valence-electron chi connectivity index (χ3n) is 2.88. The molecule has 0 atom stereocenters. The smallest absolute Gasteiger partial charge is 0.151 e. The quantitative estimate of drug-likeness (QED) is 0.769. The molecule has 92 valence electrons. The highest BCUT2D eigenvalue weighted by Gasteiger charge is 2.14. The van der Waals surface area contributed by atoms with Gasteiger partial charge in [0.05, 0.1) is 25.9 Å². The van der Waals surface area contributed by atoms with E-state index < -0.39 is 0 Å². The summed E-state index contributed by atoms with van der Waals surface area (Å²) in [7, 11) is 0. The van der Waals surface area contributed by atoms with Crippen LogP contribution >= 0.6 is 22.9 Å². The van der Waals surface area contributed by atoms with E-state index in [1.807, 2.05) is 30.3 Å². The number of hydrogen-bond donors (Lipinski definition) is 1. The fraction of sp³-hybridized carbons (Fsp3) is 0.154. The van der Waals surface area contributed by atoms with E-state index in [-0.39, 0.29) is 0 Å². The SMILES string of the molecule is CCn1c(-c2ccc(N)s2)nc2cccc(Cl)c21. The van der Waals surface area contributed by atoms with Gasteiger partial charge >= 0.3 is 0 Å². The zero-order chi connectivity index (χ0) is 12.7. The summed E-state index contributed by atoms with van der Waals surface area (Å²) >= 11 is 7.81. The molecule has 0 bridgehead atoms. The minimum atomic E-state index is 0.734. The van der Waals surface area contributed by atoms with Crippen LogP contribution in [0.4, 0.5) is 5.00 Å². The van der Waals surface area contributed by atoms with Crippen molar-refractivity contribution in [2.75, 3.05) is 5.73 Å². The Morgan fingerprint density at radius 2 is 2.17 bits per heavy atom. The molecule has 0 saturated carbocycles. The van der Waals surface area contributed by atoms with Crippen LogP contribution < -0.4 is 5.73 Å². The molecule has 3 aromatic rings. The maximum absolute atomic E-state index is 6.26. The first-order chi connectivity index (χ1) is 8.70. The van der Waals surface area contributed by atoms with Gasteiger partial charge in [-0.1, -0.05) is 17.7 Å². The molecular formula is C13H12ClN3S. The number of halogens is 1. The van der Waals surface area contributed by atoms with E-state index in [2.05, 4.69) is 16.5 Å². The number of anilines is 1. The van der Waals surface area contributed by atoms with Gasteiger partial charge < -0.3 is 10.3 Å².